The maximum absolute atomic E-state index is 13.7. The summed E-state index contributed by atoms with van der Waals surface area (Å²) in [6.07, 6.45) is 0.277. The van der Waals surface area contributed by atoms with E-state index in [1.807, 2.05) is 104 Å². The van der Waals surface area contributed by atoms with Crippen molar-refractivity contribution in [3.63, 3.8) is 0 Å². The second kappa shape index (κ2) is 10.2. The highest BCUT2D eigenvalue weighted by molar-refractivity contribution is 7.18. The van der Waals surface area contributed by atoms with Gasteiger partial charge in [-0.1, -0.05) is 102 Å². The minimum absolute atomic E-state index is 0.277. The minimum atomic E-state index is -1.28. The topological polar surface area (TPSA) is 65.2 Å². The number of thiazole rings is 1. The Labute approximate surface area is 219 Å². The van der Waals surface area contributed by atoms with Crippen molar-refractivity contribution in [3.05, 3.63) is 135 Å². The first-order chi connectivity index (χ1) is 17.5. The molecule has 5 aromatic rings. The third-order valence-electron chi connectivity index (χ3n) is 6.18. The van der Waals surface area contributed by atoms with Gasteiger partial charge in [-0.25, -0.2) is 4.98 Å². The van der Waals surface area contributed by atoms with Gasteiger partial charge in [-0.15, -0.1) is 11.3 Å². The van der Waals surface area contributed by atoms with Crippen molar-refractivity contribution < 1.29 is 9.53 Å². The van der Waals surface area contributed by atoms with Crippen LogP contribution in [-0.4, -0.2) is 17.0 Å². The highest BCUT2D eigenvalue weighted by Gasteiger charge is 2.43. The number of aromatic nitrogens is 1. The molecule has 180 valence electrons. The van der Waals surface area contributed by atoms with Crippen molar-refractivity contribution in [1.29, 1.82) is 0 Å². The van der Waals surface area contributed by atoms with Gasteiger partial charge in [0.25, 0.3) is 0 Å². The molecule has 0 amide bonds. The Morgan fingerprint density at radius 2 is 1.56 bits per heavy atom. The van der Waals surface area contributed by atoms with Gasteiger partial charge in [-0.05, 0) is 25.1 Å². The van der Waals surface area contributed by atoms with Crippen LogP contribution in [0.5, 0.6) is 0 Å². The van der Waals surface area contributed by atoms with E-state index in [1.165, 1.54) is 11.3 Å². The van der Waals surface area contributed by atoms with Crippen molar-refractivity contribution in [1.82, 2.24) is 4.98 Å². The fourth-order valence-electron chi connectivity index (χ4n) is 4.36. The lowest BCUT2D eigenvalue weighted by molar-refractivity contribution is -0.155. The van der Waals surface area contributed by atoms with Crippen molar-refractivity contribution in [2.75, 3.05) is 0 Å². The van der Waals surface area contributed by atoms with Crippen molar-refractivity contribution in [2.24, 2.45) is 5.73 Å². The van der Waals surface area contributed by atoms with Gasteiger partial charge in [0.05, 0.1) is 15.2 Å². The number of hydrogen-bond acceptors (Lipinski definition) is 5. The summed E-state index contributed by atoms with van der Waals surface area (Å²) in [7, 11) is 0. The second-order valence-corrected chi connectivity index (χ2v) is 10.2. The van der Waals surface area contributed by atoms with E-state index in [1.54, 1.807) is 6.07 Å². The third-order valence-corrected chi connectivity index (χ3v) is 7.57. The Hall–Kier alpha value is -3.51. The number of carbonyl (C=O) groups is 1. The Morgan fingerprint density at radius 1 is 0.917 bits per heavy atom. The zero-order valence-corrected chi connectivity index (χ0v) is 21.3. The molecule has 1 aromatic heterocycles. The first-order valence-electron chi connectivity index (χ1n) is 11.7. The number of carbonyl (C=O) groups excluding carboxylic acids is 1. The number of ether oxygens (including phenoxy) is 1. The van der Waals surface area contributed by atoms with E-state index in [0.29, 0.717) is 10.6 Å². The minimum Gasteiger partial charge on any atom is -0.443 e. The smallest absolute Gasteiger partial charge is 0.324 e. The van der Waals surface area contributed by atoms with Gasteiger partial charge >= 0.3 is 5.97 Å². The van der Waals surface area contributed by atoms with E-state index in [2.05, 4.69) is 4.98 Å². The molecule has 0 aliphatic carbocycles. The molecule has 2 atom stereocenters. The molecule has 0 saturated heterocycles. The van der Waals surface area contributed by atoms with E-state index in [-0.39, 0.29) is 6.42 Å². The van der Waals surface area contributed by atoms with Crippen LogP contribution in [0, 0.1) is 6.92 Å². The molecule has 0 radical (unpaired) electrons. The average molecular weight is 513 g/mol. The van der Waals surface area contributed by atoms with Gasteiger partial charge in [-0.3, -0.25) is 4.79 Å². The lowest BCUT2D eigenvalue weighted by Crippen LogP contribution is -2.43. The van der Waals surface area contributed by atoms with Crippen molar-refractivity contribution in [3.8, 4) is 0 Å². The molecule has 0 aliphatic rings. The first-order valence-corrected chi connectivity index (χ1v) is 12.9. The summed E-state index contributed by atoms with van der Waals surface area (Å²) >= 11 is 8.28. The van der Waals surface area contributed by atoms with Crippen LogP contribution in [0.4, 0.5) is 0 Å². The van der Waals surface area contributed by atoms with E-state index >= 15 is 0 Å². The zero-order valence-electron chi connectivity index (χ0n) is 19.7. The number of aryl methyl sites for hydroxylation is 1. The van der Waals surface area contributed by atoms with Crippen LogP contribution in [0.25, 0.3) is 10.2 Å². The van der Waals surface area contributed by atoms with Crippen LogP contribution in [0.15, 0.2) is 103 Å². The molecule has 1 heterocycles. The highest BCUT2D eigenvalue weighted by Crippen LogP contribution is 2.43. The van der Waals surface area contributed by atoms with Crippen LogP contribution < -0.4 is 5.73 Å². The van der Waals surface area contributed by atoms with Gasteiger partial charge in [-0.2, -0.15) is 0 Å². The number of hydrogen-bond donors (Lipinski definition) is 1. The molecule has 4 aromatic carbocycles. The maximum Gasteiger partial charge on any atom is 0.324 e. The average Bonchev–Trinajstić information content (AvgIpc) is 3.31. The van der Waals surface area contributed by atoms with E-state index in [9.17, 15) is 4.79 Å². The number of para-hydroxylation sites is 1. The second-order valence-electron chi connectivity index (χ2n) is 8.70. The molecule has 0 spiro atoms. The molecule has 36 heavy (non-hydrogen) atoms. The van der Waals surface area contributed by atoms with E-state index < -0.39 is 17.6 Å². The highest BCUT2D eigenvalue weighted by atomic mass is 35.5. The number of nitrogens with zero attached hydrogens (tertiary/aromatic N) is 1. The summed E-state index contributed by atoms with van der Waals surface area (Å²) < 4.78 is 7.51. The fourth-order valence-corrected chi connectivity index (χ4v) is 5.66. The molecule has 2 N–H and O–H groups in total. The van der Waals surface area contributed by atoms with Gasteiger partial charge < -0.3 is 10.5 Å². The summed E-state index contributed by atoms with van der Waals surface area (Å²) in [6, 6.07) is 32.0. The van der Waals surface area contributed by atoms with Gasteiger partial charge in [0.2, 0.25) is 0 Å². The summed E-state index contributed by atoms with van der Waals surface area (Å²) in [5.74, 6) is -0.529. The molecule has 1 unspecified atom stereocenters. The third kappa shape index (κ3) is 4.65. The number of fused-ring (bicyclic) bond motifs is 1. The SMILES string of the molecule is Cc1ccc(C(OC(=O)[C@@H](N)Cc2nc3ccccc3s2)(c2ccccc2)c2ccccc2Cl)cc1. The Kier molecular flexibility index (Phi) is 6.88. The number of rotatable bonds is 7. The van der Waals surface area contributed by atoms with Crippen LogP contribution in [0.2, 0.25) is 5.02 Å². The number of halogens is 1. The molecule has 6 heteroatoms. The lowest BCUT2D eigenvalue weighted by atomic mass is 9.79. The van der Waals surface area contributed by atoms with Gasteiger partial charge in [0.15, 0.2) is 5.60 Å². The molecule has 0 fully saturated rings. The summed E-state index contributed by atoms with van der Waals surface area (Å²) in [6.45, 7) is 2.02. The van der Waals surface area contributed by atoms with Crippen molar-refractivity contribution in [2.45, 2.75) is 25.0 Å². The molecule has 5 rings (SSSR count). The Balaban J connectivity index is 1.58. The fraction of sp³-hybridized carbons (Fsp3) is 0.133. The predicted molar refractivity (Wildman–Crippen MR) is 146 cm³/mol. The molecule has 4 nitrogen and oxygen atoms in total. The largest absolute Gasteiger partial charge is 0.443 e. The number of nitrogens with two attached hydrogens (primary N) is 1. The predicted octanol–water partition coefficient (Wildman–Crippen LogP) is 6.66. The molecular weight excluding hydrogens is 488 g/mol. The molecule has 0 aliphatic heterocycles. The Bertz CT molecular complexity index is 1470. The summed E-state index contributed by atoms with van der Waals surface area (Å²) in [4.78, 5) is 18.3. The van der Waals surface area contributed by atoms with Crippen LogP contribution in [0.1, 0.15) is 27.3 Å². The lowest BCUT2D eigenvalue weighted by Gasteiger charge is -2.36. The van der Waals surface area contributed by atoms with Gasteiger partial charge in [0, 0.05) is 28.1 Å². The summed E-state index contributed by atoms with van der Waals surface area (Å²) in [5.41, 5.74) is 9.38. The van der Waals surface area contributed by atoms with Gasteiger partial charge in [0.1, 0.15) is 6.04 Å². The van der Waals surface area contributed by atoms with Crippen LogP contribution >= 0.6 is 22.9 Å². The molecule has 0 saturated carbocycles. The van der Waals surface area contributed by atoms with Crippen molar-refractivity contribution >= 4 is 39.1 Å². The standard InChI is InChI=1S/C30H25ClN2O2S/c1-20-15-17-22(18-16-20)30(21-9-3-2-4-10-21,23-11-5-6-12-24(23)31)35-29(34)25(32)19-28-33-26-13-7-8-14-27(26)36-28/h2-18,25H,19,32H2,1H3/t25-,30?/m0/s1. The number of benzene rings is 4. The normalized spacial score (nSPS) is 13.8. The van der Waals surface area contributed by atoms with Crippen LogP contribution in [-0.2, 0) is 21.6 Å². The summed E-state index contributed by atoms with van der Waals surface area (Å²) in [5, 5.41) is 1.29. The molecule has 0 bridgehead atoms. The number of esters is 1. The monoisotopic (exact) mass is 512 g/mol. The quantitative estimate of drug-likeness (QED) is 0.195. The molecular formula is C30H25ClN2O2S. The van der Waals surface area contributed by atoms with E-state index in [0.717, 1.165) is 31.9 Å². The Morgan fingerprint density at radius 3 is 2.28 bits per heavy atom. The van der Waals surface area contributed by atoms with E-state index in [4.69, 9.17) is 22.1 Å². The zero-order chi connectivity index (χ0) is 25.1. The first kappa shape index (κ1) is 24.2. The maximum atomic E-state index is 13.7. The van der Waals surface area contributed by atoms with Crippen LogP contribution in [0.3, 0.4) is 0 Å².